The van der Waals surface area contributed by atoms with Crippen molar-refractivity contribution in [3.8, 4) is 0 Å². The van der Waals surface area contributed by atoms with Crippen molar-refractivity contribution in [2.24, 2.45) is 0 Å². The molecule has 0 bridgehead atoms. The molecule has 0 aliphatic heterocycles. The standard InChI is InChI=1S/C12H14N2OS2/c1-8(2)11-13-12(17-14-11)16-10-5-3-9(7-15)4-6-10/h3-6,8,15H,7H2,1-2H3. The van der Waals surface area contributed by atoms with Crippen LogP contribution >= 0.6 is 23.3 Å². The Morgan fingerprint density at radius 1 is 1.29 bits per heavy atom. The summed E-state index contributed by atoms with van der Waals surface area (Å²) in [6.07, 6.45) is 0. The van der Waals surface area contributed by atoms with Gasteiger partial charge in [-0.2, -0.15) is 4.37 Å². The van der Waals surface area contributed by atoms with Crippen molar-refractivity contribution in [3.05, 3.63) is 35.7 Å². The molecule has 0 atom stereocenters. The zero-order chi connectivity index (χ0) is 12.3. The fourth-order valence-electron chi connectivity index (χ4n) is 1.26. The van der Waals surface area contributed by atoms with Gasteiger partial charge in [0, 0.05) is 10.8 Å². The van der Waals surface area contributed by atoms with Crippen LogP contribution in [0.25, 0.3) is 0 Å². The summed E-state index contributed by atoms with van der Waals surface area (Å²) in [6, 6.07) is 7.83. The second-order valence-electron chi connectivity index (χ2n) is 3.98. The molecule has 2 rings (SSSR count). The number of nitrogens with zero attached hydrogens (tertiary/aromatic N) is 2. The fraction of sp³-hybridized carbons (Fsp3) is 0.333. The van der Waals surface area contributed by atoms with Crippen LogP contribution in [0.4, 0.5) is 0 Å². The van der Waals surface area contributed by atoms with E-state index in [1.165, 1.54) is 11.5 Å². The summed E-state index contributed by atoms with van der Waals surface area (Å²) in [5, 5.41) is 8.96. The third-order valence-corrected chi connectivity index (χ3v) is 4.02. The van der Waals surface area contributed by atoms with Gasteiger partial charge < -0.3 is 5.11 Å². The maximum Gasteiger partial charge on any atom is 0.174 e. The van der Waals surface area contributed by atoms with Crippen molar-refractivity contribution < 1.29 is 5.11 Å². The molecule has 17 heavy (non-hydrogen) atoms. The quantitative estimate of drug-likeness (QED) is 0.922. The molecule has 1 heterocycles. The number of aromatic nitrogens is 2. The minimum Gasteiger partial charge on any atom is -0.392 e. The molecule has 3 nitrogen and oxygen atoms in total. The third kappa shape index (κ3) is 3.28. The van der Waals surface area contributed by atoms with E-state index in [1.54, 1.807) is 11.8 Å². The zero-order valence-corrected chi connectivity index (χ0v) is 11.4. The molecule has 90 valence electrons. The number of aliphatic hydroxyl groups is 1. The second-order valence-corrected chi connectivity index (χ2v) is 6.05. The highest BCUT2D eigenvalue weighted by molar-refractivity contribution is 8.01. The van der Waals surface area contributed by atoms with Crippen molar-refractivity contribution in [1.29, 1.82) is 0 Å². The van der Waals surface area contributed by atoms with E-state index < -0.39 is 0 Å². The summed E-state index contributed by atoms with van der Waals surface area (Å²) in [4.78, 5) is 5.59. The van der Waals surface area contributed by atoms with E-state index in [2.05, 4.69) is 23.2 Å². The minimum atomic E-state index is 0.0846. The van der Waals surface area contributed by atoms with Crippen LogP contribution in [0.3, 0.4) is 0 Å². The maximum absolute atomic E-state index is 8.96. The molecule has 0 saturated heterocycles. The normalized spacial score (nSPS) is 11.1. The molecular formula is C12H14N2OS2. The number of rotatable bonds is 4. The van der Waals surface area contributed by atoms with Gasteiger partial charge in [0.25, 0.3) is 0 Å². The van der Waals surface area contributed by atoms with Gasteiger partial charge in [-0.1, -0.05) is 37.7 Å². The SMILES string of the molecule is CC(C)c1nsc(Sc2ccc(CO)cc2)n1. The number of aliphatic hydroxyl groups excluding tert-OH is 1. The molecule has 2 aromatic rings. The van der Waals surface area contributed by atoms with Crippen LogP contribution in [0.5, 0.6) is 0 Å². The average Bonchev–Trinajstić information content (AvgIpc) is 2.79. The smallest absolute Gasteiger partial charge is 0.174 e. The molecule has 0 spiro atoms. The van der Waals surface area contributed by atoms with Gasteiger partial charge in [0.05, 0.1) is 6.61 Å². The summed E-state index contributed by atoms with van der Waals surface area (Å²) >= 11 is 3.04. The van der Waals surface area contributed by atoms with Crippen molar-refractivity contribution in [1.82, 2.24) is 9.36 Å². The van der Waals surface area contributed by atoms with E-state index in [-0.39, 0.29) is 6.61 Å². The molecule has 0 aliphatic rings. The monoisotopic (exact) mass is 266 g/mol. The van der Waals surface area contributed by atoms with Gasteiger partial charge in [-0.25, -0.2) is 4.98 Å². The third-order valence-electron chi connectivity index (χ3n) is 2.25. The van der Waals surface area contributed by atoms with Crippen LogP contribution in [-0.4, -0.2) is 14.5 Å². The van der Waals surface area contributed by atoms with E-state index in [1.807, 2.05) is 24.3 Å². The molecule has 1 N–H and O–H groups in total. The lowest BCUT2D eigenvalue weighted by Crippen LogP contribution is -1.88. The highest BCUT2D eigenvalue weighted by Crippen LogP contribution is 2.30. The molecule has 5 heteroatoms. The Hall–Kier alpha value is -0.910. The predicted octanol–water partition coefficient (Wildman–Crippen LogP) is 3.31. The molecule has 0 saturated carbocycles. The van der Waals surface area contributed by atoms with Crippen LogP contribution in [-0.2, 0) is 6.61 Å². The lowest BCUT2D eigenvalue weighted by atomic mass is 10.2. The van der Waals surface area contributed by atoms with E-state index in [9.17, 15) is 0 Å². The largest absolute Gasteiger partial charge is 0.392 e. The lowest BCUT2D eigenvalue weighted by molar-refractivity contribution is 0.282. The highest BCUT2D eigenvalue weighted by Gasteiger charge is 2.08. The van der Waals surface area contributed by atoms with Crippen molar-refractivity contribution in [3.63, 3.8) is 0 Å². The Morgan fingerprint density at radius 2 is 2.00 bits per heavy atom. The lowest BCUT2D eigenvalue weighted by Gasteiger charge is -1.99. The van der Waals surface area contributed by atoms with Gasteiger partial charge in [-0.05, 0) is 29.2 Å². The first-order valence-corrected chi connectivity index (χ1v) is 6.99. The Labute approximate surface area is 109 Å². The van der Waals surface area contributed by atoms with Crippen LogP contribution in [0, 0.1) is 0 Å². The topological polar surface area (TPSA) is 46.0 Å². The van der Waals surface area contributed by atoms with Crippen LogP contribution in [0.15, 0.2) is 33.5 Å². The average molecular weight is 266 g/mol. The van der Waals surface area contributed by atoms with Gasteiger partial charge in [-0.3, -0.25) is 0 Å². The van der Waals surface area contributed by atoms with Crippen LogP contribution in [0.2, 0.25) is 0 Å². The predicted molar refractivity (Wildman–Crippen MR) is 70.5 cm³/mol. The van der Waals surface area contributed by atoms with Crippen LogP contribution < -0.4 is 0 Å². The minimum absolute atomic E-state index is 0.0846. The van der Waals surface area contributed by atoms with Gasteiger partial charge in [0.1, 0.15) is 5.82 Å². The van der Waals surface area contributed by atoms with Crippen molar-refractivity contribution >= 4 is 23.3 Å². The molecule has 1 aromatic carbocycles. The Morgan fingerprint density at radius 3 is 2.53 bits per heavy atom. The van der Waals surface area contributed by atoms with Crippen molar-refractivity contribution in [2.75, 3.05) is 0 Å². The summed E-state index contributed by atoms with van der Waals surface area (Å²) in [5.41, 5.74) is 0.925. The first-order valence-electron chi connectivity index (χ1n) is 5.40. The molecule has 0 amide bonds. The second kappa shape index (κ2) is 5.62. The summed E-state index contributed by atoms with van der Waals surface area (Å²) in [6.45, 7) is 4.26. The van der Waals surface area contributed by atoms with E-state index in [4.69, 9.17) is 5.11 Å². The summed E-state index contributed by atoms with van der Waals surface area (Å²) < 4.78 is 5.28. The highest BCUT2D eigenvalue weighted by atomic mass is 32.2. The first-order chi connectivity index (χ1) is 8.19. The molecule has 0 radical (unpaired) electrons. The summed E-state index contributed by atoms with van der Waals surface area (Å²) in [7, 11) is 0. The fourth-order valence-corrected chi connectivity index (χ4v) is 2.98. The van der Waals surface area contributed by atoms with Crippen molar-refractivity contribution in [2.45, 2.75) is 35.6 Å². The molecule has 1 aromatic heterocycles. The molecular weight excluding hydrogens is 252 g/mol. The molecule has 0 unspecified atom stereocenters. The van der Waals surface area contributed by atoms with E-state index in [0.29, 0.717) is 5.92 Å². The Kier molecular flexibility index (Phi) is 4.15. The Bertz CT molecular complexity index is 480. The van der Waals surface area contributed by atoms with E-state index >= 15 is 0 Å². The molecule has 0 aliphatic carbocycles. The van der Waals surface area contributed by atoms with E-state index in [0.717, 1.165) is 20.6 Å². The molecule has 0 fully saturated rings. The number of hydrogen-bond donors (Lipinski definition) is 1. The number of benzene rings is 1. The summed E-state index contributed by atoms with van der Waals surface area (Å²) in [5.74, 6) is 1.28. The van der Waals surface area contributed by atoms with Gasteiger partial charge in [0.2, 0.25) is 0 Å². The number of hydrogen-bond acceptors (Lipinski definition) is 5. The van der Waals surface area contributed by atoms with Gasteiger partial charge in [0.15, 0.2) is 4.34 Å². The van der Waals surface area contributed by atoms with Crippen LogP contribution in [0.1, 0.15) is 31.2 Å². The first kappa shape index (κ1) is 12.5. The maximum atomic E-state index is 8.96. The van der Waals surface area contributed by atoms with Gasteiger partial charge >= 0.3 is 0 Å². The Balaban J connectivity index is 2.08. The zero-order valence-electron chi connectivity index (χ0n) is 9.75. The van der Waals surface area contributed by atoms with Gasteiger partial charge in [-0.15, -0.1) is 0 Å².